The maximum atomic E-state index is 13.0. The molecule has 2 aromatic rings. The number of benzene rings is 1. The minimum absolute atomic E-state index is 0.132. The molecule has 1 heterocycles. The number of nitrogens with two attached hydrogens (primary N) is 1. The molecule has 0 spiro atoms. The molecule has 1 atom stereocenters. The van der Waals surface area contributed by atoms with Crippen LogP contribution in [0.2, 0.25) is 0 Å². The molecular formula is C14H14FN4. The van der Waals surface area contributed by atoms with E-state index in [1.165, 1.54) is 12.1 Å². The number of guanidine groups is 1. The standard InChI is InChI=1S/C14H14FN4/c15-12-3-1-10(2-4-12)13(9-19-14(16)17)11-5-7-18-8-6-11/h1-9,13H,(H4,16,17,19). The van der Waals surface area contributed by atoms with Crippen LogP contribution >= 0.6 is 0 Å². The normalized spacial score (nSPS) is 11.8. The molecule has 19 heavy (non-hydrogen) atoms. The largest absolute Gasteiger partial charge is 0.370 e. The topological polar surface area (TPSA) is 74.8 Å². The second-order valence-electron chi connectivity index (χ2n) is 4.03. The van der Waals surface area contributed by atoms with Crippen LogP contribution in [0.5, 0.6) is 0 Å². The van der Waals surface area contributed by atoms with Crippen molar-refractivity contribution < 1.29 is 4.39 Å². The SMILES string of the molecule is N=C(N)N[CH]C(c1ccncc1)c1ccc(F)cc1. The summed E-state index contributed by atoms with van der Waals surface area (Å²) in [5, 5.41) is 9.89. The van der Waals surface area contributed by atoms with Crippen LogP contribution in [0.15, 0.2) is 48.8 Å². The molecule has 0 amide bonds. The van der Waals surface area contributed by atoms with Crippen LogP contribution in [0.3, 0.4) is 0 Å². The van der Waals surface area contributed by atoms with Crippen LogP contribution < -0.4 is 11.1 Å². The molecule has 0 aliphatic heterocycles. The quantitative estimate of drug-likeness (QED) is 0.579. The second-order valence-corrected chi connectivity index (χ2v) is 4.03. The van der Waals surface area contributed by atoms with Gasteiger partial charge in [-0.3, -0.25) is 10.4 Å². The third-order valence-electron chi connectivity index (χ3n) is 2.70. The molecule has 1 aromatic carbocycles. The maximum absolute atomic E-state index is 13.0. The molecule has 1 unspecified atom stereocenters. The predicted octanol–water partition coefficient (Wildman–Crippen LogP) is 2.00. The molecule has 0 bridgehead atoms. The number of nitrogens with zero attached hydrogens (tertiary/aromatic N) is 1. The summed E-state index contributed by atoms with van der Waals surface area (Å²) >= 11 is 0. The van der Waals surface area contributed by atoms with Crippen LogP contribution in [-0.4, -0.2) is 10.9 Å². The molecule has 5 heteroatoms. The summed E-state index contributed by atoms with van der Waals surface area (Å²) in [6.45, 7) is 1.70. The van der Waals surface area contributed by atoms with E-state index in [1.54, 1.807) is 31.1 Å². The van der Waals surface area contributed by atoms with Gasteiger partial charge in [-0.2, -0.15) is 0 Å². The number of nitrogens with one attached hydrogen (secondary N) is 2. The zero-order valence-corrected chi connectivity index (χ0v) is 10.2. The van der Waals surface area contributed by atoms with Gasteiger partial charge in [0, 0.05) is 18.3 Å². The summed E-state index contributed by atoms with van der Waals surface area (Å²) in [7, 11) is 0. The molecule has 1 aromatic heterocycles. The van der Waals surface area contributed by atoms with Crippen LogP contribution in [0.4, 0.5) is 4.39 Å². The Morgan fingerprint density at radius 3 is 2.32 bits per heavy atom. The first-order valence-corrected chi connectivity index (χ1v) is 5.76. The van der Waals surface area contributed by atoms with Crippen molar-refractivity contribution in [1.29, 1.82) is 5.41 Å². The van der Waals surface area contributed by atoms with E-state index in [-0.39, 0.29) is 17.7 Å². The summed E-state index contributed by atoms with van der Waals surface area (Å²) in [5.41, 5.74) is 7.18. The van der Waals surface area contributed by atoms with E-state index in [2.05, 4.69) is 10.3 Å². The first-order chi connectivity index (χ1) is 9.16. The predicted molar refractivity (Wildman–Crippen MR) is 71.8 cm³/mol. The maximum Gasteiger partial charge on any atom is 0.186 e. The van der Waals surface area contributed by atoms with Crippen molar-refractivity contribution in [3.63, 3.8) is 0 Å². The van der Waals surface area contributed by atoms with Gasteiger partial charge in [-0.1, -0.05) is 12.1 Å². The lowest BCUT2D eigenvalue weighted by Gasteiger charge is -2.18. The van der Waals surface area contributed by atoms with Gasteiger partial charge in [-0.25, -0.2) is 4.39 Å². The van der Waals surface area contributed by atoms with Gasteiger partial charge >= 0.3 is 0 Å². The zero-order valence-electron chi connectivity index (χ0n) is 10.2. The van der Waals surface area contributed by atoms with Crippen molar-refractivity contribution in [3.05, 3.63) is 72.3 Å². The Morgan fingerprint density at radius 1 is 1.16 bits per heavy atom. The summed E-state index contributed by atoms with van der Waals surface area (Å²) < 4.78 is 13.0. The smallest absolute Gasteiger partial charge is 0.186 e. The van der Waals surface area contributed by atoms with Gasteiger partial charge < -0.3 is 11.1 Å². The van der Waals surface area contributed by atoms with Crippen molar-refractivity contribution in [3.8, 4) is 0 Å². The number of hydrogen-bond donors (Lipinski definition) is 3. The molecule has 0 aliphatic rings. The van der Waals surface area contributed by atoms with E-state index >= 15 is 0 Å². The number of aromatic nitrogens is 1. The molecule has 97 valence electrons. The number of hydrogen-bond acceptors (Lipinski definition) is 2. The lowest BCUT2D eigenvalue weighted by atomic mass is 9.92. The Morgan fingerprint density at radius 2 is 1.74 bits per heavy atom. The number of halogens is 1. The van der Waals surface area contributed by atoms with E-state index < -0.39 is 0 Å². The van der Waals surface area contributed by atoms with E-state index in [4.69, 9.17) is 11.1 Å². The van der Waals surface area contributed by atoms with Crippen LogP contribution in [0.25, 0.3) is 0 Å². The first-order valence-electron chi connectivity index (χ1n) is 5.76. The van der Waals surface area contributed by atoms with Crippen molar-refractivity contribution >= 4 is 5.96 Å². The second kappa shape index (κ2) is 5.95. The lowest BCUT2D eigenvalue weighted by molar-refractivity contribution is 0.626. The van der Waals surface area contributed by atoms with Crippen molar-refractivity contribution in [1.82, 2.24) is 10.3 Å². The lowest BCUT2D eigenvalue weighted by Crippen LogP contribution is -2.30. The van der Waals surface area contributed by atoms with Gasteiger partial charge in [0.2, 0.25) is 0 Å². The third-order valence-corrected chi connectivity index (χ3v) is 2.70. The Labute approximate surface area is 111 Å². The zero-order chi connectivity index (χ0) is 13.7. The fourth-order valence-corrected chi connectivity index (χ4v) is 1.80. The highest BCUT2D eigenvalue weighted by atomic mass is 19.1. The van der Waals surface area contributed by atoms with E-state index in [0.29, 0.717) is 0 Å². The molecule has 4 nitrogen and oxygen atoms in total. The van der Waals surface area contributed by atoms with E-state index in [9.17, 15) is 4.39 Å². The van der Waals surface area contributed by atoms with Gasteiger partial charge in [0.05, 0.1) is 6.54 Å². The summed E-state index contributed by atoms with van der Waals surface area (Å²) in [6.07, 6.45) is 3.38. The third kappa shape index (κ3) is 3.51. The molecule has 4 N–H and O–H groups in total. The Bertz CT molecular complexity index is 539. The fraction of sp³-hybridized carbons (Fsp3) is 0.0714. The van der Waals surface area contributed by atoms with E-state index in [0.717, 1.165) is 11.1 Å². The van der Waals surface area contributed by atoms with Crippen LogP contribution in [-0.2, 0) is 0 Å². The average Bonchev–Trinajstić information content (AvgIpc) is 2.42. The highest BCUT2D eigenvalue weighted by molar-refractivity contribution is 5.75. The summed E-state index contributed by atoms with van der Waals surface area (Å²) in [4.78, 5) is 3.97. The highest BCUT2D eigenvalue weighted by Crippen LogP contribution is 2.25. The van der Waals surface area contributed by atoms with Gasteiger partial charge in [0.15, 0.2) is 5.96 Å². The van der Waals surface area contributed by atoms with Gasteiger partial charge in [0.25, 0.3) is 0 Å². The fourth-order valence-electron chi connectivity index (χ4n) is 1.80. The van der Waals surface area contributed by atoms with Crippen molar-refractivity contribution in [2.24, 2.45) is 5.73 Å². The van der Waals surface area contributed by atoms with Gasteiger partial charge in [-0.15, -0.1) is 0 Å². The van der Waals surface area contributed by atoms with E-state index in [1.807, 2.05) is 12.1 Å². The first kappa shape index (κ1) is 13.0. The van der Waals surface area contributed by atoms with Crippen LogP contribution in [0, 0.1) is 17.8 Å². The molecule has 2 rings (SSSR count). The molecule has 0 fully saturated rings. The highest BCUT2D eigenvalue weighted by Gasteiger charge is 2.14. The summed E-state index contributed by atoms with van der Waals surface area (Å²) in [6, 6.07) is 9.96. The minimum Gasteiger partial charge on any atom is -0.370 e. The molecule has 0 saturated heterocycles. The summed E-state index contributed by atoms with van der Waals surface area (Å²) in [5.74, 6) is -0.551. The van der Waals surface area contributed by atoms with Gasteiger partial charge in [-0.05, 0) is 35.4 Å². The Balaban J connectivity index is 2.28. The van der Waals surface area contributed by atoms with Crippen molar-refractivity contribution in [2.45, 2.75) is 5.92 Å². The van der Waals surface area contributed by atoms with Crippen LogP contribution in [0.1, 0.15) is 17.0 Å². The van der Waals surface area contributed by atoms with Crippen molar-refractivity contribution in [2.75, 3.05) is 0 Å². The molecule has 0 saturated carbocycles. The molecule has 1 radical (unpaired) electrons. The minimum atomic E-state index is -0.281. The molecule has 0 aliphatic carbocycles. The Hall–Kier alpha value is -2.43. The number of pyridine rings is 1. The Kier molecular flexibility index (Phi) is 4.07. The number of rotatable bonds is 4. The molecular weight excluding hydrogens is 243 g/mol. The average molecular weight is 257 g/mol. The van der Waals surface area contributed by atoms with Gasteiger partial charge in [0.1, 0.15) is 5.82 Å². The monoisotopic (exact) mass is 257 g/mol.